The molecule has 1 aliphatic carbocycles. The van der Waals surface area contributed by atoms with Crippen LogP contribution in [-0.4, -0.2) is 4.98 Å². The number of nitrogens with two attached hydrogens (primary N) is 1. The van der Waals surface area contributed by atoms with Crippen molar-refractivity contribution in [2.45, 2.75) is 32.6 Å². The average molecular weight is 319 g/mol. The van der Waals surface area contributed by atoms with Gasteiger partial charge in [0, 0.05) is 15.8 Å². The molecule has 4 rings (SSSR count). The Balaban J connectivity index is 2.11. The summed E-state index contributed by atoms with van der Waals surface area (Å²) in [4.78, 5) is 6.91. The van der Waals surface area contributed by atoms with Crippen molar-refractivity contribution in [2.75, 3.05) is 5.73 Å². The van der Waals surface area contributed by atoms with Crippen LogP contribution in [0.15, 0.2) is 24.3 Å². The first-order valence-electron chi connectivity index (χ1n) is 7.90. The predicted octanol–water partition coefficient (Wildman–Crippen LogP) is 4.60. The number of pyridine rings is 1. The van der Waals surface area contributed by atoms with Crippen molar-refractivity contribution in [3.63, 3.8) is 0 Å². The van der Waals surface area contributed by atoms with Crippen molar-refractivity contribution >= 4 is 27.2 Å². The van der Waals surface area contributed by atoms with E-state index in [4.69, 9.17) is 5.73 Å². The smallest absolute Gasteiger partial charge is 0.165 e. The van der Waals surface area contributed by atoms with Crippen LogP contribution in [0.1, 0.15) is 34.5 Å². The van der Waals surface area contributed by atoms with Crippen LogP contribution in [0.4, 0.5) is 5.69 Å². The predicted molar refractivity (Wildman–Crippen MR) is 95.6 cm³/mol. The maximum atomic E-state index is 9.41. The molecule has 2 aromatic heterocycles. The Labute approximate surface area is 139 Å². The summed E-state index contributed by atoms with van der Waals surface area (Å²) >= 11 is 1.73. The number of nitrogens with zero attached hydrogens (tertiary/aromatic N) is 2. The van der Waals surface area contributed by atoms with Crippen LogP contribution in [0.2, 0.25) is 0 Å². The van der Waals surface area contributed by atoms with Gasteiger partial charge in [0.2, 0.25) is 0 Å². The molecule has 114 valence electrons. The summed E-state index contributed by atoms with van der Waals surface area (Å²) < 4.78 is 0. The molecule has 1 aliphatic rings. The summed E-state index contributed by atoms with van der Waals surface area (Å²) in [5, 5.41) is 10.6. The topological polar surface area (TPSA) is 62.7 Å². The van der Waals surface area contributed by atoms with E-state index in [1.165, 1.54) is 34.2 Å². The molecular formula is C19H17N3S. The Kier molecular flexibility index (Phi) is 3.32. The van der Waals surface area contributed by atoms with Gasteiger partial charge in [-0.15, -0.1) is 11.3 Å². The summed E-state index contributed by atoms with van der Waals surface area (Å²) in [6.07, 6.45) is 4.65. The second-order valence-corrected chi connectivity index (χ2v) is 7.20. The Bertz CT molecular complexity index is 946. The van der Waals surface area contributed by atoms with Gasteiger partial charge in [-0.1, -0.05) is 29.8 Å². The van der Waals surface area contributed by atoms with Gasteiger partial charge in [-0.05, 0) is 43.7 Å². The van der Waals surface area contributed by atoms with Gasteiger partial charge in [0.1, 0.15) is 10.9 Å². The molecule has 4 heteroatoms. The monoisotopic (exact) mass is 319 g/mol. The highest BCUT2D eigenvalue weighted by Gasteiger charge is 2.23. The van der Waals surface area contributed by atoms with E-state index < -0.39 is 0 Å². The number of nitrogen functional groups attached to an aromatic ring is 1. The molecule has 0 bridgehead atoms. The maximum absolute atomic E-state index is 9.41. The van der Waals surface area contributed by atoms with Crippen molar-refractivity contribution in [3.8, 4) is 17.2 Å². The lowest BCUT2D eigenvalue weighted by Crippen LogP contribution is -2.02. The number of aryl methyl sites for hydroxylation is 3. The zero-order valence-corrected chi connectivity index (χ0v) is 13.8. The van der Waals surface area contributed by atoms with E-state index in [2.05, 4.69) is 42.2 Å². The Morgan fingerprint density at radius 2 is 1.91 bits per heavy atom. The highest BCUT2D eigenvalue weighted by Crippen LogP contribution is 2.43. The van der Waals surface area contributed by atoms with E-state index in [-0.39, 0.29) is 0 Å². The molecule has 0 atom stereocenters. The van der Waals surface area contributed by atoms with Crippen LogP contribution in [0.25, 0.3) is 21.3 Å². The van der Waals surface area contributed by atoms with Gasteiger partial charge >= 0.3 is 0 Å². The van der Waals surface area contributed by atoms with E-state index in [0.717, 1.165) is 28.8 Å². The molecular weight excluding hydrogens is 302 g/mol. The number of nitriles is 1. The fourth-order valence-corrected chi connectivity index (χ4v) is 4.68. The van der Waals surface area contributed by atoms with Crippen LogP contribution in [0.5, 0.6) is 0 Å². The third kappa shape index (κ3) is 2.20. The molecule has 1 aromatic carbocycles. The summed E-state index contributed by atoms with van der Waals surface area (Å²) in [5.41, 5.74) is 11.9. The Hall–Kier alpha value is -2.38. The third-order valence-corrected chi connectivity index (χ3v) is 5.77. The number of hydrogen-bond donors (Lipinski definition) is 1. The first-order valence-corrected chi connectivity index (χ1v) is 8.71. The zero-order chi connectivity index (χ0) is 16.0. The third-order valence-electron chi connectivity index (χ3n) is 4.59. The van der Waals surface area contributed by atoms with Crippen LogP contribution < -0.4 is 5.73 Å². The van der Waals surface area contributed by atoms with E-state index >= 15 is 0 Å². The Morgan fingerprint density at radius 3 is 2.65 bits per heavy atom. The second-order valence-electron chi connectivity index (χ2n) is 6.12. The summed E-state index contributed by atoms with van der Waals surface area (Å²) in [6, 6.07) is 10.5. The lowest BCUT2D eigenvalue weighted by Gasteiger charge is -2.14. The van der Waals surface area contributed by atoms with Gasteiger partial charge in [-0.25, -0.2) is 4.98 Å². The molecule has 0 saturated heterocycles. The van der Waals surface area contributed by atoms with Crippen LogP contribution in [-0.2, 0) is 12.8 Å². The van der Waals surface area contributed by atoms with Gasteiger partial charge in [0.05, 0.1) is 5.69 Å². The van der Waals surface area contributed by atoms with Crippen molar-refractivity contribution in [2.24, 2.45) is 0 Å². The number of hydrogen-bond acceptors (Lipinski definition) is 4. The minimum atomic E-state index is 0.340. The van der Waals surface area contributed by atoms with E-state index in [1.807, 2.05) is 0 Å². The molecule has 0 radical (unpaired) electrons. The molecule has 23 heavy (non-hydrogen) atoms. The number of thiophene rings is 1. The number of fused-ring (bicyclic) bond motifs is 3. The van der Waals surface area contributed by atoms with Crippen LogP contribution >= 0.6 is 11.3 Å². The second kappa shape index (κ2) is 5.36. The lowest BCUT2D eigenvalue weighted by molar-refractivity contribution is 0.700. The van der Waals surface area contributed by atoms with E-state index in [1.54, 1.807) is 11.3 Å². The van der Waals surface area contributed by atoms with Crippen molar-refractivity contribution in [1.82, 2.24) is 4.98 Å². The van der Waals surface area contributed by atoms with Crippen molar-refractivity contribution in [3.05, 3.63) is 46.0 Å². The Morgan fingerprint density at radius 1 is 1.17 bits per heavy atom. The molecule has 0 amide bonds. The maximum Gasteiger partial charge on any atom is 0.165 e. The molecule has 0 saturated carbocycles. The molecule has 3 nitrogen and oxygen atoms in total. The number of rotatable bonds is 1. The van der Waals surface area contributed by atoms with Gasteiger partial charge in [-0.2, -0.15) is 5.26 Å². The highest BCUT2D eigenvalue weighted by atomic mass is 32.1. The number of benzene rings is 1. The fourth-order valence-electron chi connectivity index (χ4n) is 3.41. The summed E-state index contributed by atoms with van der Waals surface area (Å²) in [5.74, 6) is 0. The molecule has 2 heterocycles. The van der Waals surface area contributed by atoms with Gasteiger partial charge in [-0.3, -0.25) is 0 Å². The molecule has 0 unspecified atom stereocenters. The van der Waals surface area contributed by atoms with E-state index in [9.17, 15) is 5.26 Å². The van der Waals surface area contributed by atoms with E-state index in [0.29, 0.717) is 11.4 Å². The van der Waals surface area contributed by atoms with Crippen molar-refractivity contribution in [1.29, 1.82) is 5.26 Å². The largest absolute Gasteiger partial charge is 0.396 e. The average Bonchev–Trinajstić information content (AvgIpc) is 2.93. The summed E-state index contributed by atoms with van der Waals surface area (Å²) in [6.45, 7) is 2.07. The first-order chi connectivity index (χ1) is 11.2. The van der Waals surface area contributed by atoms with Gasteiger partial charge in [0.15, 0.2) is 5.69 Å². The lowest BCUT2D eigenvalue weighted by atomic mass is 9.91. The molecule has 0 spiro atoms. The van der Waals surface area contributed by atoms with Crippen LogP contribution in [0, 0.1) is 18.3 Å². The van der Waals surface area contributed by atoms with Gasteiger partial charge in [0.25, 0.3) is 0 Å². The SMILES string of the molecule is Cc1ccc(-c2c(N)c(C#N)nc3sc4c(c23)CCCC4)cc1. The molecule has 2 N–H and O–H groups in total. The van der Waals surface area contributed by atoms with Crippen molar-refractivity contribution < 1.29 is 0 Å². The quantitative estimate of drug-likeness (QED) is 0.712. The summed E-state index contributed by atoms with van der Waals surface area (Å²) in [7, 11) is 0. The molecule has 0 aliphatic heterocycles. The molecule has 3 aromatic rings. The normalized spacial score (nSPS) is 13.7. The minimum Gasteiger partial charge on any atom is -0.396 e. The highest BCUT2D eigenvalue weighted by molar-refractivity contribution is 7.19. The zero-order valence-electron chi connectivity index (χ0n) is 13.0. The number of anilines is 1. The van der Waals surface area contributed by atoms with Crippen LogP contribution in [0.3, 0.4) is 0 Å². The number of aromatic nitrogens is 1. The standard InChI is InChI=1S/C19H17N3S/c1-11-6-8-12(9-7-11)16-17-13-4-2-3-5-15(13)23-19(17)22-14(10-20)18(16)21/h6-9H,2-5,21H2,1H3. The van der Waals surface area contributed by atoms with Gasteiger partial charge < -0.3 is 5.73 Å². The fraction of sp³-hybridized carbons (Fsp3) is 0.263. The minimum absolute atomic E-state index is 0.340. The molecule has 0 fully saturated rings. The first kappa shape index (κ1) is 14.2.